The maximum absolute atomic E-state index is 10.8. The molecule has 0 spiro atoms. The van der Waals surface area contributed by atoms with E-state index in [0.29, 0.717) is 0 Å². The molecule has 0 aromatic carbocycles. The third kappa shape index (κ3) is 2.39. The van der Waals surface area contributed by atoms with Crippen LogP contribution in [0.2, 0.25) is 0 Å². The number of rotatable bonds is 3. The van der Waals surface area contributed by atoms with E-state index in [1.807, 2.05) is 11.7 Å². The average Bonchev–Trinajstić information content (AvgIpc) is 2.50. The maximum Gasteiger partial charge on any atom is 0.432 e. The van der Waals surface area contributed by atoms with Crippen molar-refractivity contribution in [2.45, 2.75) is 0 Å². The summed E-state index contributed by atoms with van der Waals surface area (Å²) in [4.78, 5) is 2.23. The van der Waals surface area contributed by atoms with Gasteiger partial charge in [-0.1, -0.05) is 9.24 Å². The van der Waals surface area contributed by atoms with E-state index in [1.165, 1.54) is 13.1 Å². The molecule has 4 heteroatoms. The van der Waals surface area contributed by atoms with Crippen molar-refractivity contribution in [1.82, 2.24) is 9.57 Å². The molecule has 1 rings (SSSR count). The van der Waals surface area contributed by atoms with Gasteiger partial charge in [0.2, 0.25) is 0 Å². The zero-order valence-corrected chi connectivity index (χ0v) is 6.77. The summed E-state index contributed by atoms with van der Waals surface area (Å²) in [5.74, 6) is 0. The molecule has 3 nitrogen and oxygen atoms in total. The minimum atomic E-state index is -1.11. The molecule has 1 saturated heterocycles. The van der Waals surface area contributed by atoms with Crippen LogP contribution in [0.1, 0.15) is 0 Å². The summed E-state index contributed by atoms with van der Waals surface area (Å²) in [6, 6.07) is 0. The van der Waals surface area contributed by atoms with Crippen LogP contribution in [0.5, 0.6) is 0 Å². The minimum Gasteiger partial charge on any atom is -0.285 e. The smallest absolute Gasteiger partial charge is 0.285 e. The molecule has 9 heavy (non-hydrogen) atoms. The number of nitrogens with zero attached hydrogens (tertiary/aromatic N) is 2. The first-order valence-electron chi connectivity index (χ1n) is 3.04. The lowest BCUT2D eigenvalue weighted by atomic mass is 11.0. The zero-order chi connectivity index (χ0) is 6.85. The average molecular weight is 147 g/mol. The minimum absolute atomic E-state index is 0.867. The topological polar surface area (TPSA) is 23.3 Å². The fourth-order valence-electron chi connectivity index (χ4n) is 0.591. The maximum atomic E-state index is 10.8. The van der Waals surface area contributed by atoms with Crippen LogP contribution in [0.15, 0.2) is 0 Å². The highest BCUT2D eigenvalue weighted by atomic mass is 31.1. The summed E-state index contributed by atoms with van der Waals surface area (Å²) in [5.41, 5.74) is 0. The summed E-state index contributed by atoms with van der Waals surface area (Å²) in [5, 5.41) is 0. The molecule has 1 atom stereocenters. The Morgan fingerprint density at radius 1 is 1.67 bits per heavy atom. The van der Waals surface area contributed by atoms with Gasteiger partial charge in [0.15, 0.2) is 6.66 Å². The van der Waals surface area contributed by atoms with Crippen LogP contribution in [0.4, 0.5) is 0 Å². The standard InChI is InChI=1S/C5H12N2OP/c1-6(9(2)8)5-7-3-4-7/h3-5H2,1-2H3/q+1. The Bertz CT molecular complexity index is 124. The van der Waals surface area contributed by atoms with E-state index in [0.717, 1.165) is 6.67 Å². The Hall–Kier alpha value is 0.0200. The normalized spacial score (nSPS) is 20.6. The Kier molecular flexibility index (Phi) is 2.17. The van der Waals surface area contributed by atoms with Gasteiger partial charge in [0.05, 0.1) is 6.67 Å². The van der Waals surface area contributed by atoms with Crippen LogP contribution in [0, 0.1) is 0 Å². The third-order valence-electron chi connectivity index (χ3n) is 1.43. The van der Waals surface area contributed by atoms with Gasteiger partial charge in [-0.3, -0.25) is 4.90 Å². The van der Waals surface area contributed by atoms with Crippen molar-refractivity contribution in [2.75, 3.05) is 33.5 Å². The molecule has 1 unspecified atom stereocenters. The predicted molar refractivity (Wildman–Crippen MR) is 37.7 cm³/mol. The van der Waals surface area contributed by atoms with Crippen molar-refractivity contribution >= 4 is 7.95 Å². The summed E-state index contributed by atoms with van der Waals surface area (Å²) in [6.07, 6.45) is 0. The Labute approximate surface area is 56.5 Å². The van der Waals surface area contributed by atoms with Gasteiger partial charge in [0.25, 0.3) is 0 Å². The highest BCUT2D eigenvalue weighted by Crippen LogP contribution is 2.20. The van der Waals surface area contributed by atoms with E-state index in [2.05, 4.69) is 4.90 Å². The quantitative estimate of drug-likeness (QED) is 0.430. The first kappa shape index (κ1) is 7.13. The van der Waals surface area contributed by atoms with Gasteiger partial charge in [-0.2, -0.15) is 0 Å². The molecule has 52 valence electrons. The Morgan fingerprint density at radius 3 is 2.56 bits per heavy atom. The molecule has 1 aliphatic rings. The van der Waals surface area contributed by atoms with E-state index < -0.39 is 7.95 Å². The molecule has 0 saturated carbocycles. The SMILES string of the molecule is CN(CN1CC1)[P+](C)=O. The second-order valence-electron chi connectivity index (χ2n) is 2.38. The molecule has 1 heterocycles. The van der Waals surface area contributed by atoms with Crippen molar-refractivity contribution in [3.05, 3.63) is 0 Å². The molecule has 0 aliphatic carbocycles. The predicted octanol–water partition coefficient (Wildman–Crippen LogP) is 0.563. The molecular weight excluding hydrogens is 135 g/mol. The Balaban J connectivity index is 2.16. The monoisotopic (exact) mass is 147 g/mol. The van der Waals surface area contributed by atoms with Crippen molar-refractivity contribution < 1.29 is 4.57 Å². The van der Waals surface area contributed by atoms with Crippen molar-refractivity contribution in [2.24, 2.45) is 0 Å². The lowest BCUT2D eigenvalue weighted by Gasteiger charge is -2.01. The van der Waals surface area contributed by atoms with Gasteiger partial charge in [0.1, 0.15) is 0 Å². The fourth-order valence-corrected chi connectivity index (χ4v) is 0.948. The van der Waals surface area contributed by atoms with E-state index in [1.54, 1.807) is 6.66 Å². The lowest BCUT2D eigenvalue weighted by Crippen LogP contribution is -2.17. The van der Waals surface area contributed by atoms with E-state index in [4.69, 9.17) is 0 Å². The summed E-state index contributed by atoms with van der Waals surface area (Å²) < 4.78 is 12.6. The molecule has 0 N–H and O–H groups in total. The van der Waals surface area contributed by atoms with E-state index in [9.17, 15) is 4.57 Å². The van der Waals surface area contributed by atoms with Gasteiger partial charge in [-0.25, -0.2) is 0 Å². The molecule has 1 fully saturated rings. The van der Waals surface area contributed by atoms with Crippen molar-refractivity contribution in [3.8, 4) is 0 Å². The first-order valence-corrected chi connectivity index (χ1v) is 4.70. The largest absolute Gasteiger partial charge is 0.432 e. The van der Waals surface area contributed by atoms with Crippen LogP contribution in [0.3, 0.4) is 0 Å². The van der Waals surface area contributed by atoms with E-state index in [-0.39, 0.29) is 0 Å². The molecule has 0 aromatic heterocycles. The zero-order valence-electron chi connectivity index (χ0n) is 5.87. The number of hydrogen-bond donors (Lipinski definition) is 0. The molecule has 0 amide bonds. The van der Waals surface area contributed by atoms with Crippen LogP contribution >= 0.6 is 7.95 Å². The van der Waals surface area contributed by atoms with Gasteiger partial charge in [-0.05, 0) is 0 Å². The number of hydrogen-bond acceptors (Lipinski definition) is 2. The van der Waals surface area contributed by atoms with E-state index >= 15 is 0 Å². The lowest BCUT2D eigenvalue weighted by molar-refractivity contribution is 0.379. The van der Waals surface area contributed by atoms with Crippen molar-refractivity contribution in [3.63, 3.8) is 0 Å². The third-order valence-corrected chi connectivity index (χ3v) is 2.51. The molecular formula is C5H12N2OP+. The molecule has 0 radical (unpaired) electrons. The Morgan fingerprint density at radius 2 is 2.22 bits per heavy atom. The van der Waals surface area contributed by atoms with Crippen LogP contribution in [-0.4, -0.2) is 43.0 Å². The van der Waals surface area contributed by atoms with Gasteiger partial charge in [0, 0.05) is 20.1 Å². The van der Waals surface area contributed by atoms with Crippen LogP contribution in [0.25, 0.3) is 0 Å². The van der Waals surface area contributed by atoms with Crippen LogP contribution < -0.4 is 0 Å². The second kappa shape index (κ2) is 2.74. The highest BCUT2D eigenvalue weighted by molar-refractivity contribution is 7.40. The van der Waals surface area contributed by atoms with Crippen LogP contribution in [-0.2, 0) is 4.57 Å². The van der Waals surface area contributed by atoms with Gasteiger partial charge < -0.3 is 0 Å². The van der Waals surface area contributed by atoms with Crippen molar-refractivity contribution in [1.29, 1.82) is 0 Å². The fraction of sp³-hybridized carbons (Fsp3) is 1.00. The second-order valence-corrected chi connectivity index (χ2v) is 3.99. The first-order chi connectivity index (χ1) is 4.20. The van der Waals surface area contributed by atoms with Gasteiger partial charge in [-0.15, -0.1) is 0 Å². The summed E-state index contributed by atoms with van der Waals surface area (Å²) >= 11 is 0. The highest BCUT2D eigenvalue weighted by Gasteiger charge is 2.24. The molecule has 0 bridgehead atoms. The summed E-state index contributed by atoms with van der Waals surface area (Å²) in [7, 11) is 0.773. The molecule has 0 aromatic rings. The summed E-state index contributed by atoms with van der Waals surface area (Å²) in [6.45, 7) is 4.95. The van der Waals surface area contributed by atoms with Gasteiger partial charge >= 0.3 is 7.95 Å². The molecule has 1 aliphatic heterocycles.